The van der Waals surface area contributed by atoms with Crippen LogP contribution in [-0.2, 0) is 19.4 Å². The minimum absolute atomic E-state index is 0. The monoisotopic (exact) mass is 476 g/mol. The summed E-state index contributed by atoms with van der Waals surface area (Å²) in [6.07, 6.45) is 5.19. The zero-order valence-electron chi connectivity index (χ0n) is 15.2. The molecule has 2 heterocycles. The summed E-state index contributed by atoms with van der Waals surface area (Å²) in [5.74, 6) is 1.77. The summed E-state index contributed by atoms with van der Waals surface area (Å²) in [5, 5.41) is 6.76. The predicted octanol–water partition coefficient (Wildman–Crippen LogP) is 3.81. The second kappa shape index (κ2) is 12.1. The maximum atomic E-state index is 5.38. The molecule has 3 rings (SSSR count). The molecule has 0 saturated carbocycles. The van der Waals surface area contributed by atoms with Crippen LogP contribution in [0.1, 0.15) is 17.0 Å². The third-order valence-corrected chi connectivity index (χ3v) is 3.91. The number of hydrogen-bond acceptors (Lipinski definition) is 3. The molecule has 142 valence electrons. The van der Waals surface area contributed by atoms with Crippen LogP contribution in [0.3, 0.4) is 0 Å². The van der Waals surface area contributed by atoms with Crippen LogP contribution in [0.25, 0.3) is 0 Å². The fourth-order valence-electron chi connectivity index (χ4n) is 2.54. The SMILES string of the molecule is I.c1ccc(CN=C(NCCc2ccccn2)NCCc2ccco2)cc1. The van der Waals surface area contributed by atoms with Gasteiger partial charge in [0, 0.05) is 37.8 Å². The molecule has 2 aromatic heterocycles. The van der Waals surface area contributed by atoms with E-state index < -0.39 is 0 Å². The number of furan rings is 1. The summed E-state index contributed by atoms with van der Waals surface area (Å²) in [6, 6.07) is 20.1. The molecule has 0 bridgehead atoms. The molecule has 0 aliphatic heterocycles. The molecule has 5 nitrogen and oxygen atoms in total. The Bertz CT molecular complexity index is 776. The molecule has 0 fully saturated rings. The van der Waals surface area contributed by atoms with Crippen molar-refractivity contribution in [1.82, 2.24) is 15.6 Å². The Morgan fingerprint density at radius 3 is 2.37 bits per heavy atom. The minimum Gasteiger partial charge on any atom is -0.469 e. The Kier molecular flexibility index (Phi) is 9.40. The summed E-state index contributed by atoms with van der Waals surface area (Å²) >= 11 is 0. The number of benzene rings is 1. The van der Waals surface area contributed by atoms with Crippen molar-refractivity contribution < 1.29 is 4.42 Å². The van der Waals surface area contributed by atoms with E-state index in [2.05, 4.69) is 32.7 Å². The van der Waals surface area contributed by atoms with Gasteiger partial charge in [0.05, 0.1) is 12.8 Å². The average Bonchev–Trinajstić information content (AvgIpc) is 3.21. The van der Waals surface area contributed by atoms with Gasteiger partial charge in [0.25, 0.3) is 0 Å². The van der Waals surface area contributed by atoms with Gasteiger partial charge in [-0.1, -0.05) is 36.4 Å². The van der Waals surface area contributed by atoms with Gasteiger partial charge in [-0.05, 0) is 29.8 Å². The molecule has 0 unspecified atom stereocenters. The Hall–Kier alpha value is -2.35. The van der Waals surface area contributed by atoms with E-state index in [1.165, 1.54) is 5.56 Å². The number of hydrogen-bond donors (Lipinski definition) is 2. The number of guanidine groups is 1. The third-order valence-electron chi connectivity index (χ3n) is 3.91. The fourth-order valence-corrected chi connectivity index (χ4v) is 2.54. The molecule has 0 radical (unpaired) electrons. The fraction of sp³-hybridized carbons (Fsp3) is 0.238. The standard InChI is InChI=1S/C21H24N4O.HI/c1-2-7-18(8-3-1)17-25-21(24-15-12-20-10-6-16-26-20)23-14-11-19-9-4-5-13-22-19;/h1-10,13,16H,11-12,14-15,17H2,(H2,23,24,25);1H. The average molecular weight is 476 g/mol. The van der Waals surface area contributed by atoms with Crippen molar-refractivity contribution in [2.24, 2.45) is 4.99 Å². The van der Waals surface area contributed by atoms with Crippen LogP contribution in [0.15, 0.2) is 82.5 Å². The van der Waals surface area contributed by atoms with Gasteiger partial charge in [-0.25, -0.2) is 4.99 Å². The zero-order valence-corrected chi connectivity index (χ0v) is 17.5. The van der Waals surface area contributed by atoms with Crippen LogP contribution in [0.5, 0.6) is 0 Å². The van der Waals surface area contributed by atoms with Gasteiger partial charge in [-0.3, -0.25) is 4.98 Å². The summed E-state index contributed by atoms with van der Waals surface area (Å²) in [6.45, 7) is 2.18. The molecular weight excluding hydrogens is 451 g/mol. The third kappa shape index (κ3) is 7.82. The molecule has 6 heteroatoms. The highest BCUT2D eigenvalue weighted by atomic mass is 127. The first kappa shape index (κ1) is 21.0. The highest BCUT2D eigenvalue weighted by Gasteiger charge is 2.01. The van der Waals surface area contributed by atoms with Crippen LogP contribution < -0.4 is 10.6 Å². The van der Waals surface area contributed by atoms with Crippen molar-refractivity contribution in [3.63, 3.8) is 0 Å². The van der Waals surface area contributed by atoms with E-state index in [-0.39, 0.29) is 24.0 Å². The van der Waals surface area contributed by atoms with E-state index >= 15 is 0 Å². The molecule has 1 aromatic carbocycles. The van der Waals surface area contributed by atoms with Gasteiger partial charge < -0.3 is 15.1 Å². The Labute approximate surface area is 177 Å². The van der Waals surface area contributed by atoms with Gasteiger partial charge in [-0.2, -0.15) is 0 Å². The molecule has 2 N–H and O–H groups in total. The van der Waals surface area contributed by atoms with Crippen molar-refractivity contribution in [1.29, 1.82) is 0 Å². The molecule has 0 spiro atoms. The second-order valence-corrected chi connectivity index (χ2v) is 5.90. The number of pyridine rings is 1. The van der Waals surface area contributed by atoms with Gasteiger partial charge in [0.2, 0.25) is 0 Å². The van der Waals surface area contributed by atoms with Crippen molar-refractivity contribution in [3.05, 3.63) is 90.1 Å². The first-order valence-electron chi connectivity index (χ1n) is 8.88. The number of rotatable bonds is 8. The summed E-state index contributed by atoms with van der Waals surface area (Å²) in [5.41, 5.74) is 2.25. The summed E-state index contributed by atoms with van der Waals surface area (Å²) in [4.78, 5) is 9.04. The second-order valence-electron chi connectivity index (χ2n) is 5.90. The van der Waals surface area contributed by atoms with Crippen molar-refractivity contribution >= 4 is 29.9 Å². The highest BCUT2D eigenvalue weighted by molar-refractivity contribution is 14.0. The normalized spacial score (nSPS) is 10.9. The lowest BCUT2D eigenvalue weighted by Crippen LogP contribution is -2.39. The molecule has 0 aliphatic carbocycles. The molecule has 27 heavy (non-hydrogen) atoms. The van der Waals surface area contributed by atoms with E-state index in [0.29, 0.717) is 6.54 Å². The molecule has 3 aromatic rings. The first-order chi connectivity index (χ1) is 12.9. The Balaban J connectivity index is 0.00000261. The Morgan fingerprint density at radius 2 is 1.67 bits per heavy atom. The van der Waals surface area contributed by atoms with E-state index in [1.807, 2.05) is 54.7 Å². The number of halogens is 1. The van der Waals surface area contributed by atoms with Gasteiger partial charge in [0.15, 0.2) is 5.96 Å². The van der Waals surface area contributed by atoms with Crippen LogP contribution in [0, 0.1) is 0 Å². The van der Waals surface area contributed by atoms with Gasteiger partial charge in [0.1, 0.15) is 5.76 Å². The lowest BCUT2D eigenvalue weighted by atomic mass is 10.2. The maximum Gasteiger partial charge on any atom is 0.191 e. The molecule has 0 aliphatic rings. The van der Waals surface area contributed by atoms with E-state index in [1.54, 1.807) is 6.26 Å². The molecule has 0 atom stereocenters. The molecule has 0 saturated heterocycles. The van der Waals surface area contributed by atoms with Crippen molar-refractivity contribution in [2.45, 2.75) is 19.4 Å². The summed E-state index contributed by atoms with van der Waals surface area (Å²) < 4.78 is 5.38. The summed E-state index contributed by atoms with van der Waals surface area (Å²) in [7, 11) is 0. The quantitative estimate of drug-likeness (QED) is 0.295. The minimum atomic E-state index is 0. The van der Waals surface area contributed by atoms with E-state index in [4.69, 9.17) is 4.42 Å². The van der Waals surface area contributed by atoms with Crippen LogP contribution in [0.2, 0.25) is 0 Å². The predicted molar refractivity (Wildman–Crippen MR) is 119 cm³/mol. The largest absolute Gasteiger partial charge is 0.469 e. The van der Waals surface area contributed by atoms with Crippen LogP contribution in [-0.4, -0.2) is 24.0 Å². The number of nitrogens with one attached hydrogen (secondary N) is 2. The number of aliphatic imine (C=N–C) groups is 1. The Morgan fingerprint density at radius 1 is 0.889 bits per heavy atom. The van der Waals surface area contributed by atoms with E-state index in [0.717, 1.165) is 43.3 Å². The topological polar surface area (TPSA) is 62.5 Å². The molecular formula is C21H25IN4O. The zero-order chi connectivity index (χ0) is 17.9. The van der Waals surface area contributed by atoms with Crippen molar-refractivity contribution in [3.8, 4) is 0 Å². The van der Waals surface area contributed by atoms with Gasteiger partial charge in [-0.15, -0.1) is 24.0 Å². The first-order valence-corrected chi connectivity index (χ1v) is 8.88. The highest BCUT2D eigenvalue weighted by Crippen LogP contribution is 2.01. The van der Waals surface area contributed by atoms with E-state index in [9.17, 15) is 0 Å². The van der Waals surface area contributed by atoms with Crippen molar-refractivity contribution in [2.75, 3.05) is 13.1 Å². The molecule has 0 amide bonds. The number of nitrogens with zero attached hydrogens (tertiary/aromatic N) is 2. The maximum absolute atomic E-state index is 5.38. The van der Waals surface area contributed by atoms with Crippen LogP contribution in [0.4, 0.5) is 0 Å². The number of aromatic nitrogens is 1. The smallest absolute Gasteiger partial charge is 0.191 e. The lowest BCUT2D eigenvalue weighted by molar-refractivity contribution is 0.506. The van der Waals surface area contributed by atoms with Gasteiger partial charge >= 0.3 is 0 Å². The lowest BCUT2D eigenvalue weighted by Gasteiger charge is -2.12. The van der Waals surface area contributed by atoms with Crippen LogP contribution >= 0.6 is 24.0 Å².